The molecule has 2 rings (SSSR count). The molecule has 1 unspecified atom stereocenters. The van der Waals surface area contributed by atoms with Gasteiger partial charge in [-0.1, -0.05) is 48.5 Å². The van der Waals surface area contributed by atoms with Crippen molar-refractivity contribution in [3.8, 4) is 6.07 Å². The molecule has 0 spiro atoms. The molecule has 0 saturated carbocycles. The summed E-state index contributed by atoms with van der Waals surface area (Å²) in [7, 11) is 0. The molecule has 0 aliphatic heterocycles. The molecule has 3 heteroatoms. The van der Waals surface area contributed by atoms with Gasteiger partial charge in [0.05, 0.1) is 17.7 Å². The predicted molar refractivity (Wildman–Crippen MR) is 88.0 cm³/mol. The van der Waals surface area contributed by atoms with E-state index in [9.17, 15) is 5.11 Å². The lowest BCUT2D eigenvalue weighted by Crippen LogP contribution is -2.28. The van der Waals surface area contributed by atoms with E-state index in [1.54, 1.807) is 24.3 Å². The predicted octanol–water partition coefficient (Wildman–Crippen LogP) is 3.28. The van der Waals surface area contributed by atoms with E-state index in [0.29, 0.717) is 18.7 Å². The summed E-state index contributed by atoms with van der Waals surface area (Å²) in [5, 5.41) is 19.2. The van der Waals surface area contributed by atoms with Gasteiger partial charge in [0.1, 0.15) is 0 Å². The molecule has 112 valence electrons. The Kier molecular flexibility index (Phi) is 5.91. The maximum atomic E-state index is 10.4. The minimum Gasteiger partial charge on any atom is -0.387 e. The van der Waals surface area contributed by atoms with Crippen LogP contribution in [0.15, 0.2) is 67.3 Å². The molecule has 0 heterocycles. The third-order valence-corrected chi connectivity index (χ3v) is 3.49. The van der Waals surface area contributed by atoms with Crippen LogP contribution in [0.2, 0.25) is 0 Å². The average Bonchev–Trinajstić information content (AvgIpc) is 2.56. The second-order valence-corrected chi connectivity index (χ2v) is 5.22. The number of hydrogen-bond donors (Lipinski definition) is 1. The summed E-state index contributed by atoms with van der Waals surface area (Å²) in [6, 6.07) is 19.3. The van der Waals surface area contributed by atoms with Crippen molar-refractivity contribution in [1.29, 1.82) is 5.26 Å². The van der Waals surface area contributed by atoms with Crippen molar-refractivity contribution in [3.63, 3.8) is 0 Å². The first-order valence-corrected chi connectivity index (χ1v) is 7.28. The number of rotatable bonds is 7. The molecule has 3 nitrogen and oxygen atoms in total. The molecule has 0 radical (unpaired) electrons. The highest BCUT2D eigenvalue weighted by Gasteiger charge is 2.13. The standard InChI is InChI=1S/C19H20N2O/c1-2-12-21(14-17-6-4-3-5-7-17)15-19(22)18-10-8-16(13-20)9-11-18/h2-11,19,22H,1,12,14-15H2. The molecule has 0 amide bonds. The zero-order chi connectivity index (χ0) is 15.8. The van der Waals surface area contributed by atoms with E-state index in [2.05, 4.69) is 29.7 Å². The molecular weight excluding hydrogens is 272 g/mol. The summed E-state index contributed by atoms with van der Waals surface area (Å²) >= 11 is 0. The zero-order valence-corrected chi connectivity index (χ0v) is 12.5. The van der Waals surface area contributed by atoms with Crippen LogP contribution in [0.1, 0.15) is 22.8 Å². The minimum absolute atomic E-state index is 0.521. The molecule has 0 fully saturated rings. The van der Waals surface area contributed by atoms with Crippen molar-refractivity contribution in [3.05, 3.63) is 83.9 Å². The van der Waals surface area contributed by atoms with Crippen molar-refractivity contribution < 1.29 is 5.11 Å². The zero-order valence-electron chi connectivity index (χ0n) is 12.5. The van der Waals surface area contributed by atoms with Crippen molar-refractivity contribution >= 4 is 0 Å². The van der Waals surface area contributed by atoms with Crippen LogP contribution in [0.5, 0.6) is 0 Å². The Hall–Kier alpha value is -2.41. The molecule has 2 aromatic rings. The van der Waals surface area contributed by atoms with E-state index in [0.717, 1.165) is 12.1 Å². The van der Waals surface area contributed by atoms with E-state index in [-0.39, 0.29) is 0 Å². The van der Waals surface area contributed by atoms with Gasteiger partial charge in [-0.05, 0) is 23.3 Å². The van der Waals surface area contributed by atoms with Crippen LogP contribution in [0.25, 0.3) is 0 Å². The smallest absolute Gasteiger partial charge is 0.0991 e. The lowest BCUT2D eigenvalue weighted by Gasteiger charge is -2.24. The fourth-order valence-corrected chi connectivity index (χ4v) is 2.36. The van der Waals surface area contributed by atoms with Gasteiger partial charge < -0.3 is 5.11 Å². The second kappa shape index (κ2) is 8.14. The lowest BCUT2D eigenvalue weighted by molar-refractivity contribution is 0.116. The maximum absolute atomic E-state index is 10.4. The van der Waals surface area contributed by atoms with Gasteiger partial charge in [-0.15, -0.1) is 6.58 Å². The monoisotopic (exact) mass is 292 g/mol. The SMILES string of the molecule is C=CCN(Cc1ccccc1)CC(O)c1ccc(C#N)cc1. The largest absolute Gasteiger partial charge is 0.387 e. The summed E-state index contributed by atoms with van der Waals surface area (Å²) < 4.78 is 0. The van der Waals surface area contributed by atoms with E-state index < -0.39 is 6.10 Å². The number of benzene rings is 2. The normalized spacial score (nSPS) is 11.9. The van der Waals surface area contributed by atoms with Gasteiger partial charge in [-0.3, -0.25) is 4.90 Å². The van der Waals surface area contributed by atoms with Crippen LogP contribution in [-0.2, 0) is 6.54 Å². The van der Waals surface area contributed by atoms with Gasteiger partial charge in [-0.25, -0.2) is 0 Å². The van der Waals surface area contributed by atoms with Gasteiger partial charge in [-0.2, -0.15) is 5.26 Å². The molecule has 1 N–H and O–H groups in total. The molecule has 22 heavy (non-hydrogen) atoms. The minimum atomic E-state index is -0.587. The lowest BCUT2D eigenvalue weighted by atomic mass is 10.1. The highest BCUT2D eigenvalue weighted by molar-refractivity contribution is 5.32. The quantitative estimate of drug-likeness (QED) is 0.797. The van der Waals surface area contributed by atoms with Crippen molar-refractivity contribution in [1.82, 2.24) is 4.90 Å². The summed E-state index contributed by atoms with van der Waals surface area (Å²) in [5.74, 6) is 0. The Morgan fingerprint density at radius 3 is 2.41 bits per heavy atom. The molecule has 0 saturated heterocycles. The summed E-state index contributed by atoms with van der Waals surface area (Å²) in [5.41, 5.74) is 2.63. The first kappa shape index (κ1) is 16.0. The fourth-order valence-electron chi connectivity index (χ4n) is 2.36. The number of aliphatic hydroxyl groups is 1. The molecule has 1 atom stereocenters. The first-order chi connectivity index (χ1) is 10.7. The fraction of sp³-hybridized carbons (Fsp3) is 0.211. The van der Waals surface area contributed by atoms with E-state index in [4.69, 9.17) is 5.26 Å². The number of nitriles is 1. The highest BCUT2D eigenvalue weighted by atomic mass is 16.3. The van der Waals surface area contributed by atoms with Crippen LogP contribution < -0.4 is 0 Å². The van der Waals surface area contributed by atoms with Crippen molar-refractivity contribution in [2.24, 2.45) is 0 Å². The third kappa shape index (κ3) is 4.56. The topological polar surface area (TPSA) is 47.3 Å². The Labute approximate surface area is 131 Å². The van der Waals surface area contributed by atoms with Crippen LogP contribution in [0, 0.1) is 11.3 Å². The molecule has 0 aliphatic rings. The summed E-state index contributed by atoms with van der Waals surface area (Å²) in [6.45, 7) is 5.78. The molecule has 0 bridgehead atoms. The molecule has 0 aliphatic carbocycles. The number of nitrogens with zero attached hydrogens (tertiary/aromatic N) is 2. The second-order valence-electron chi connectivity index (χ2n) is 5.22. The molecule has 2 aromatic carbocycles. The average molecular weight is 292 g/mol. The summed E-state index contributed by atoms with van der Waals surface area (Å²) in [6.07, 6.45) is 1.26. The Balaban J connectivity index is 2.03. The van der Waals surface area contributed by atoms with E-state index in [1.807, 2.05) is 24.3 Å². The maximum Gasteiger partial charge on any atom is 0.0991 e. The third-order valence-electron chi connectivity index (χ3n) is 3.49. The first-order valence-electron chi connectivity index (χ1n) is 7.28. The van der Waals surface area contributed by atoms with Gasteiger partial charge in [0.2, 0.25) is 0 Å². The number of aliphatic hydroxyl groups excluding tert-OH is 1. The van der Waals surface area contributed by atoms with Crippen LogP contribution in [0.3, 0.4) is 0 Å². The van der Waals surface area contributed by atoms with Gasteiger partial charge in [0, 0.05) is 19.6 Å². The number of hydrogen-bond acceptors (Lipinski definition) is 3. The van der Waals surface area contributed by atoms with Crippen molar-refractivity contribution in [2.45, 2.75) is 12.6 Å². The Morgan fingerprint density at radius 2 is 1.82 bits per heavy atom. The van der Waals surface area contributed by atoms with Crippen LogP contribution in [-0.4, -0.2) is 23.1 Å². The Bertz CT molecular complexity index is 629. The summed E-state index contributed by atoms with van der Waals surface area (Å²) in [4.78, 5) is 2.14. The van der Waals surface area contributed by atoms with E-state index >= 15 is 0 Å². The van der Waals surface area contributed by atoms with Crippen LogP contribution >= 0.6 is 0 Å². The van der Waals surface area contributed by atoms with Gasteiger partial charge in [0.15, 0.2) is 0 Å². The van der Waals surface area contributed by atoms with Gasteiger partial charge >= 0.3 is 0 Å². The van der Waals surface area contributed by atoms with Crippen LogP contribution in [0.4, 0.5) is 0 Å². The molecule has 0 aromatic heterocycles. The highest BCUT2D eigenvalue weighted by Crippen LogP contribution is 2.16. The van der Waals surface area contributed by atoms with Gasteiger partial charge in [0.25, 0.3) is 0 Å². The molecular formula is C19H20N2O. The van der Waals surface area contributed by atoms with E-state index in [1.165, 1.54) is 5.56 Å². The van der Waals surface area contributed by atoms with Crippen molar-refractivity contribution in [2.75, 3.05) is 13.1 Å². The Morgan fingerprint density at radius 1 is 1.14 bits per heavy atom.